The first kappa shape index (κ1) is 28.1. The van der Waals surface area contributed by atoms with E-state index in [1.807, 2.05) is 95.6 Å². The van der Waals surface area contributed by atoms with Gasteiger partial charge in [0.15, 0.2) is 18.0 Å². The summed E-state index contributed by atoms with van der Waals surface area (Å²) in [6.07, 6.45) is 2.25. The molecule has 43 heavy (non-hydrogen) atoms. The molecule has 0 aliphatic carbocycles. The molecule has 2 N–H and O–H groups in total. The van der Waals surface area contributed by atoms with Crippen LogP contribution in [-0.2, 0) is 26.8 Å². The molecule has 3 heterocycles. The number of quaternary nitrogens is 1. The maximum atomic E-state index is 12.7. The van der Waals surface area contributed by atoms with Crippen molar-refractivity contribution in [2.75, 3.05) is 12.3 Å². The average molecular weight is 637 g/mol. The lowest BCUT2D eigenvalue weighted by Crippen LogP contribution is -2.67. The van der Waals surface area contributed by atoms with Crippen molar-refractivity contribution in [3.8, 4) is 16.9 Å². The Morgan fingerprint density at radius 3 is 2.42 bits per heavy atom. The molecule has 0 bridgehead atoms. The van der Waals surface area contributed by atoms with E-state index in [1.165, 1.54) is 11.3 Å². The summed E-state index contributed by atoms with van der Waals surface area (Å²) in [4.78, 5) is 0. The van der Waals surface area contributed by atoms with Gasteiger partial charge < -0.3 is 4.74 Å². The minimum atomic E-state index is -4.44. The van der Waals surface area contributed by atoms with Gasteiger partial charge in [-0.1, -0.05) is 72.0 Å². The number of ether oxygens (including phenoxy) is 1. The molecule has 5 aromatic rings. The molecule has 0 radical (unpaired) electrons. The maximum absolute atomic E-state index is 12.7. The number of thiazole rings is 1. The van der Waals surface area contributed by atoms with E-state index in [0.717, 1.165) is 37.1 Å². The average Bonchev–Trinajstić information content (AvgIpc) is 3.47. The fourth-order valence-corrected chi connectivity index (χ4v) is 9.10. The molecule has 1 saturated heterocycles. The van der Waals surface area contributed by atoms with E-state index in [2.05, 4.69) is 0 Å². The van der Waals surface area contributed by atoms with E-state index < -0.39 is 31.4 Å². The second kappa shape index (κ2) is 10.2. The van der Waals surface area contributed by atoms with Crippen molar-refractivity contribution in [2.24, 2.45) is 0 Å². The minimum absolute atomic E-state index is 0.171. The van der Waals surface area contributed by atoms with E-state index in [4.69, 9.17) is 4.74 Å². The van der Waals surface area contributed by atoms with Gasteiger partial charge in [-0.05, 0) is 34.7 Å². The van der Waals surface area contributed by atoms with E-state index in [-0.39, 0.29) is 17.3 Å². The van der Waals surface area contributed by atoms with Gasteiger partial charge in [0.25, 0.3) is 15.1 Å². The quantitative estimate of drug-likeness (QED) is 0.135. The van der Waals surface area contributed by atoms with Crippen LogP contribution in [0.4, 0.5) is 5.69 Å². The molecule has 7 rings (SSSR count). The van der Waals surface area contributed by atoms with Crippen molar-refractivity contribution >= 4 is 64.3 Å². The molecule has 12 heteroatoms. The first-order valence-corrected chi connectivity index (χ1v) is 17.7. The first-order chi connectivity index (χ1) is 20.5. The summed E-state index contributed by atoms with van der Waals surface area (Å²) in [5.41, 5.74) is 3.44. The van der Waals surface area contributed by atoms with Gasteiger partial charge in [-0.3, -0.25) is 9.11 Å². The van der Waals surface area contributed by atoms with Gasteiger partial charge in [0.05, 0.1) is 24.1 Å². The van der Waals surface area contributed by atoms with Gasteiger partial charge in [0.1, 0.15) is 10.8 Å². The van der Waals surface area contributed by atoms with Gasteiger partial charge >= 0.3 is 16.0 Å². The van der Waals surface area contributed by atoms with E-state index in [1.54, 1.807) is 0 Å². The number of nitrogens with zero attached hydrogens (tertiary/aromatic N) is 2. The number of aryl methyl sites for hydroxylation is 1. The Hall–Kier alpha value is -3.65. The summed E-state index contributed by atoms with van der Waals surface area (Å²) >= 11 is 1.48. The monoisotopic (exact) mass is 636 g/mol. The highest BCUT2D eigenvalue weighted by molar-refractivity contribution is 7.86. The molecular weight excluding hydrogens is 609 g/mol. The Bertz CT molecular complexity index is 2160. The van der Waals surface area contributed by atoms with Crippen LogP contribution in [0.5, 0.6) is 5.75 Å². The fourth-order valence-electron chi connectivity index (χ4n) is 6.29. The van der Waals surface area contributed by atoms with Gasteiger partial charge in [-0.25, -0.2) is 4.48 Å². The number of rotatable bonds is 7. The van der Waals surface area contributed by atoms with Crippen molar-refractivity contribution in [1.82, 2.24) is 4.48 Å². The summed E-state index contributed by atoms with van der Waals surface area (Å²) in [6, 6.07) is 27.4. The second-order valence-electron chi connectivity index (χ2n) is 10.8. The van der Waals surface area contributed by atoms with Crippen molar-refractivity contribution in [3.63, 3.8) is 0 Å². The van der Waals surface area contributed by atoms with Crippen LogP contribution in [0.2, 0.25) is 0 Å². The topological polar surface area (TPSA) is 122 Å². The molecule has 2 aliphatic rings. The molecule has 2 atom stereocenters. The third kappa shape index (κ3) is 4.84. The zero-order valence-electron chi connectivity index (χ0n) is 22.8. The molecule has 0 saturated carbocycles. The summed E-state index contributed by atoms with van der Waals surface area (Å²) < 4.78 is 77.4. The zero-order valence-corrected chi connectivity index (χ0v) is 25.3. The lowest BCUT2D eigenvalue weighted by atomic mass is 10.0. The van der Waals surface area contributed by atoms with E-state index in [9.17, 15) is 25.9 Å². The third-order valence-corrected chi connectivity index (χ3v) is 11.5. The van der Waals surface area contributed by atoms with Gasteiger partial charge in [-0.15, -0.1) is 0 Å². The lowest BCUT2D eigenvalue weighted by molar-refractivity contribution is -0.668. The van der Waals surface area contributed by atoms with Crippen LogP contribution in [0.3, 0.4) is 0 Å². The Balaban J connectivity index is 1.41. The maximum Gasteiger partial charge on any atom is 0.320 e. The molecule has 4 aromatic carbocycles. The molecule has 1 spiro atoms. The summed E-state index contributed by atoms with van der Waals surface area (Å²) in [7, 11) is -8.60. The molecule has 1 aromatic heterocycles. The largest absolute Gasteiger partial charge is 0.406 e. The standard InChI is InChI=1S/C31H26N2O7S3/c34-42(35,36)18-6-16-32-28(41-27-14-12-22-9-4-5-10-24(22)31(27)32)20-29-33(17-15-30(33)43(37,38)39)25-19-23(11-13-26(25)40-29)21-7-2-1-3-8-21/h1-5,7-14,19-20,30H,6,15-18H2/p+2. The first-order valence-electron chi connectivity index (χ1n) is 13.8. The fraction of sp³-hybridized carbons (Fsp3) is 0.194. The highest BCUT2D eigenvalue weighted by Gasteiger charge is 2.63. The van der Waals surface area contributed by atoms with Gasteiger partial charge in [-0.2, -0.15) is 21.4 Å². The SMILES string of the molecule is O=S(=O)(O)CCC[n+]1c(C=C2Oc3ccc(-c4ccccc4)cc3[N+]23CCC3S(=O)(=O)O)sc2ccc3ccccc3c21. The summed E-state index contributed by atoms with van der Waals surface area (Å²) in [5.74, 6) is 0.491. The van der Waals surface area contributed by atoms with Crippen LogP contribution >= 0.6 is 11.3 Å². The smallest absolute Gasteiger partial charge is 0.320 e. The van der Waals surface area contributed by atoms with Crippen LogP contribution in [0.15, 0.2) is 90.8 Å². The molecule has 0 amide bonds. The van der Waals surface area contributed by atoms with Gasteiger partial charge in [0.2, 0.25) is 10.9 Å². The van der Waals surface area contributed by atoms with Crippen LogP contribution < -0.4 is 13.8 Å². The van der Waals surface area contributed by atoms with Crippen LogP contribution in [0.25, 0.3) is 38.2 Å². The Kier molecular flexibility index (Phi) is 6.69. The van der Waals surface area contributed by atoms with Crippen molar-refractivity contribution in [1.29, 1.82) is 0 Å². The highest BCUT2D eigenvalue weighted by atomic mass is 32.2. The summed E-state index contributed by atoms with van der Waals surface area (Å²) in [6.45, 7) is 0.706. The number of fused-ring (bicyclic) bond motifs is 5. The lowest BCUT2D eigenvalue weighted by Gasteiger charge is -2.45. The number of hydrogen-bond donors (Lipinski definition) is 2. The Labute approximate surface area is 253 Å². The molecule has 220 valence electrons. The van der Waals surface area contributed by atoms with Gasteiger partial charge in [0, 0.05) is 12.5 Å². The number of aromatic nitrogens is 1. The molecule has 2 aliphatic heterocycles. The summed E-state index contributed by atoms with van der Waals surface area (Å²) in [5, 5.41) is 1.60. The van der Waals surface area contributed by atoms with E-state index in [0.29, 0.717) is 30.4 Å². The highest BCUT2D eigenvalue weighted by Crippen LogP contribution is 2.54. The van der Waals surface area contributed by atoms with Crippen molar-refractivity contribution in [3.05, 3.63) is 95.8 Å². The zero-order chi connectivity index (χ0) is 30.0. The normalized spacial score (nSPS) is 20.9. The number of benzene rings is 4. The van der Waals surface area contributed by atoms with Crippen LogP contribution in [0.1, 0.15) is 17.8 Å². The second-order valence-corrected chi connectivity index (χ2v) is 15.1. The van der Waals surface area contributed by atoms with Crippen LogP contribution in [-0.4, -0.2) is 43.6 Å². The predicted molar refractivity (Wildman–Crippen MR) is 168 cm³/mol. The molecule has 1 fully saturated rings. The van der Waals surface area contributed by atoms with Crippen molar-refractivity contribution < 1.29 is 35.2 Å². The number of hydrogen-bond acceptors (Lipinski definition) is 6. The minimum Gasteiger partial charge on any atom is -0.406 e. The van der Waals surface area contributed by atoms with Crippen LogP contribution in [0, 0.1) is 0 Å². The Morgan fingerprint density at radius 2 is 1.70 bits per heavy atom. The van der Waals surface area contributed by atoms with E-state index >= 15 is 0 Å². The predicted octanol–water partition coefficient (Wildman–Crippen LogP) is 5.60. The molecular formula is C31H28N2O7S3+2. The Morgan fingerprint density at radius 1 is 0.930 bits per heavy atom. The third-order valence-electron chi connectivity index (χ3n) is 8.31. The van der Waals surface area contributed by atoms with Crippen molar-refractivity contribution in [2.45, 2.75) is 24.8 Å². The molecule has 9 nitrogen and oxygen atoms in total. The molecule has 2 unspecified atom stereocenters.